The largest absolute Gasteiger partial charge is 0.417 e. The van der Waals surface area contributed by atoms with Crippen molar-refractivity contribution in [2.45, 2.75) is 31.3 Å². The van der Waals surface area contributed by atoms with Gasteiger partial charge in [0.2, 0.25) is 5.88 Å². The zero-order valence-corrected chi connectivity index (χ0v) is 8.97. The van der Waals surface area contributed by atoms with E-state index in [1.54, 1.807) is 7.05 Å². The predicted molar refractivity (Wildman–Crippen MR) is 51.4 cm³/mol. The summed E-state index contributed by atoms with van der Waals surface area (Å²) in [6, 6.07) is 0. The zero-order valence-electron chi connectivity index (χ0n) is 8.21. The van der Waals surface area contributed by atoms with Gasteiger partial charge in [0.05, 0.1) is 17.1 Å². The van der Waals surface area contributed by atoms with E-state index in [2.05, 4.69) is 9.84 Å². The number of hydrogen-bond acceptors (Lipinski definition) is 2. The normalized spacial score (nSPS) is 16.1. The Morgan fingerprint density at radius 2 is 2.27 bits per heavy atom. The predicted octanol–water partition coefficient (Wildman–Crippen LogP) is 2.64. The van der Waals surface area contributed by atoms with E-state index in [-0.39, 0.29) is 11.8 Å². The van der Waals surface area contributed by atoms with Crippen LogP contribution in [0.4, 0.5) is 8.78 Å². The summed E-state index contributed by atoms with van der Waals surface area (Å²) in [6.07, 6.45) is 2.10. The average Bonchev–Trinajstić information content (AvgIpc) is 2.94. The lowest BCUT2D eigenvalue weighted by Crippen LogP contribution is -2.07. The van der Waals surface area contributed by atoms with Crippen LogP contribution in [0.25, 0.3) is 0 Å². The summed E-state index contributed by atoms with van der Waals surface area (Å²) in [7, 11) is 1.58. The third-order valence-corrected chi connectivity index (χ3v) is 2.68. The van der Waals surface area contributed by atoms with Crippen LogP contribution in [0.3, 0.4) is 0 Å². The molecule has 0 radical (unpaired) electrons. The molecule has 0 atom stereocenters. The molecular weight excluding hydrogens is 226 g/mol. The standard InChI is InChI=1S/C9H11ClF2N2O/c1-14-8(15-9(11)12)6(4-10)7(13-14)5-2-3-5/h5,9H,2-4H2,1H3. The molecule has 0 amide bonds. The molecule has 1 aromatic rings. The number of aromatic nitrogens is 2. The highest BCUT2D eigenvalue weighted by molar-refractivity contribution is 6.17. The first-order valence-electron chi connectivity index (χ1n) is 4.70. The van der Waals surface area contributed by atoms with Crippen molar-refractivity contribution >= 4 is 11.6 Å². The quantitative estimate of drug-likeness (QED) is 0.752. The number of nitrogens with zero attached hydrogens (tertiary/aromatic N) is 2. The molecule has 1 aliphatic carbocycles. The second kappa shape index (κ2) is 3.96. The van der Waals surface area contributed by atoms with Gasteiger partial charge in [-0.3, -0.25) is 0 Å². The van der Waals surface area contributed by atoms with E-state index in [1.165, 1.54) is 4.68 Å². The van der Waals surface area contributed by atoms with Crippen LogP contribution >= 0.6 is 11.6 Å². The first kappa shape index (κ1) is 10.7. The van der Waals surface area contributed by atoms with Crippen LogP contribution in [-0.4, -0.2) is 16.4 Å². The zero-order chi connectivity index (χ0) is 11.0. The number of alkyl halides is 3. The second-order valence-corrected chi connectivity index (χ2v) is 3.85. The number of halogens is 3. The summed E-state index contributed by atoms with van der Waals surface area (Å²) in [6.45, 7) is -2.84. The molecule has 1 heterocycles. The minimum Gasteiger partial charge on any atom is -0.417 e. The van der Waals surface area contributed by atoms with Crippen LogP contribution in [0.5, 0.6) is 5.88 Å². The van der Waals surface area contributed by atoms with Gasteiger partial charge in [0.1, 0.15) is 0 Å². The molecule has 1 aliphatic rings. The number of rotatable bonds is 4. The number of ether oxygens (including phenoxy) is 1. The Morgan fingerprint density at radius 3 is 2.73 bits per heavy atom. The Kier molecular flexibility index (Phi) is 2.82. The molecular formula is C9H11ClF2N2O. The van der Waals surface area contributed by atoms with E-state index in [9.17, 15) is 8.78 Å². The van der Waals surface area contributed by atoms with Crippen molar-refractivity contribution in [1.82, 2.24) is 9.78 Å². The molecule has 3 nitrogen and oxygen atoms in total. The van der Waals surface area contributed by atoms with Crippen LogP contribution in [-0.2, 0) is 12.9 Å². The lowest BCUT2D eigenvalue weighted by molar-refractivity contribution is -0.0558. The number of aryl methyl sites for hydroxylation is 1. The highest BCUT2D eigenvalue weighted by Crippen LogP contribution is 2.43. The van der Waals surface area contributed by atoms with Crippen LogP contribution in [0.15, 0.2) is 0 Å². The van der Waals surface area contributed by atoms with E-state index < -0.39 is 6.61 Å². The molecule has 1 saturated carbocycles. The topological polar surface area (TPSA) is 27.1 Å². The Labute approximate surface area is 91.0 Å². The van der Waals surface area contributed by atoms with Crippen molar-refractivity contribution < 1.29 is 13.5 Å². The lowest BCUT2D eigenvalue weighted by atomic mass is 10.2. The summed E-state index contributed by atoms with van der Waals surface area (Å²) in [5.74, 6) is 0.615. The van der Waals surface area contributed by atoms with Crippen molar-refractivity contribution in [3.63, 3.8) is 0 Å². The molecule has 1 aromatic heterocycles. The Morgan fingerprint density at radius 1 is 1.60 bits per heavy atom. The molecule has 1 fully saturated rings. The molecule has 0 spiro atoms. The minimum absolute atomic E-state index is 0.0851. The second-order valence-electron chi connectivity index (χ2n) is 3.58. The van der Waals surface area contributed by atoms with E-state index >= 15 is 0 Å². The highest BCUT2D eigenvalue weighted by Gasteiger charge is 2.32. The van der Waals surface area contributed by atoms with Crippen LogP contribution < -0.4 is 4.74 Å². The molecule has 15 heavy (non-hydrogen) atoms. The maximum atomic E-state index is 12.1. The fraction of sp³-hybridized carbons (Fsp3) is 0.667. The van der Waals surface area contributed by atoms with E-state index in [0.717, 1.165) is 18.5 Å². The van der Waals surface area contributed by atoms with Crippen molar-refractivity contribution in [2.24, 2.45) is 7.05 Å². The van der Waals surface area contributed by atoms with Gasteiger partial charge in [-0.1, -0.05) is 0 Å². The molecule has 0 bridgehead atoms. The SMILES string of the molecule is Cn1nc(C2CC2)c(CCl)c1OC(F)F. The molecule has 6 heteroatoms. The smallest absolute Gasteiger partial charge is 0.388 e. The third kappa shape index (κ3) is 2.07. The van der Waals surface area contributed by atoms with E-state index in [0.29, 0.717) is 11.5 Å². The van der Waals surface area contributed by atoms with Crippen LogP contribution in [0.1, 0.15) is 30.0 Å². The van der Waals surface area contributed by atoms with Gasteiger partial charge in [-0.2, -0.15) is 13.9 Å². The Balaban J connectivity index is 2.33. The molecule has 0 N–H and O–H groups in total. The highest BCUT2D eigenvalue weighted by atomic mass is 35.5. The summed E-state index contributed by atoms with van der Waals surface area (Å²) in [4.78, 5) is 0. The third-order valence-electron chi connectivity index (χ3n) is 2.42. The Hall–Kier alpha value is -0.840. The monoisotopic (exact) mass is 236 g/mol. The van der Waals surface area contributed by atoms with E-state index in [1.807, 2.05) is 0 Å². The molecule has 0 saturated heterocycles. The van der Waals surface area contributed by atoms with Gasteiger partial charge >= 0.3 is 6.61 Å². The van der Waals surface area contributed by atoms with Gasteiger partial charge in [-0.15, -0.1) is 11.6 Å². The molecule has 0 unspecified atom stereocenters. The van der Waals surface area contributed by atoms with Crippen molar-refractivity contribution in [2.75, 3.05) is 0 Å². The fourth-order valence-electron chi connectivity index (χ4n) is 1.61. The van der Waals surface area contributed by atoms with Gasteiger partial charge in [0, 0.05) is 13.0 Å². The van der Waals surface area contributed by atoms with Crippen LogP contribution in [0.2, 0.25) is 0 Å². The van der Waals surface area contributed by atoms with Crippen molar-refractivity contribution in [3.8, 4) is 5.88 Å². The summed E-state index contributed by atoms with van der Waals surface area (Å²) in [5, 5.41) is 4.17. The Bertz CT molecular complexity index is 363. The van der Waals surface area contributed by atoms with Gasteiger partial charge in [0.15, 0.2) is 0 Å². The summed E-state index contributed by atoms with van der Waals surface area (Å²) < 4.78 is 30.0. The van der Waals surface area contributed by atoms with Gasteiger partial charge in [-0.25, -0.2) is 4.68 Å². The average molecular weight is 237 g/mol. The number of hydrogen-bond donors (Lipinski definition) is 0. The van der Waals surface area contributed by atoms with E-state index in [4.69, 9.17) is 11.6 Å². The summed E-state index contributed by atoms with van der Waals surface area (Å²) >= 11 is 5.73. The molecule has 84 valence electrons. The fourth-order valence-corrected chi connectivity index (χ4v) is 1.87. The van der Waals surface area contributed by atoms with Gasteiger partial charge in [0.25, 0.3) is 0 Å². The lowest BCUT2D eigenvalue weighted by Gasteiger charge is -2.05. The minimum atomic E-state index is -2.84. The maximum absolute atomic E-state index is 12.1. The van der Waals surface area contributed by atoms with Crippen LogP contribution in [0, 0.1) is 0 Å². The molecule has 0 aliphatic heterocycles. The first-order chi connectivity index (χ1) is 7.13. The maximum Gasteiger partial charge on any atom is 0.388 e. The van der Waals surface area contributed by atoms with Gasteiger partial charge in [-0.05, 0) is 12.8 Å². The first-order valence-corrected chi connectivity index (χ1v) is 5.23. The molecule has 2 rings (SSSR count). The van der Waals surface area contributed by atoms with Gasteiger partial charge < -0.3 is 4.74 Å². The molecule has 0 aromatic carbocycles. The summed E-state index contributed by atoms with van der Waals surface area (Å²) in [5.41, 5.74) is 1.41. The van der Waals surface area contributed by atoms with Crippen molar-refractivity contribution in [1.29, 1.82) is 0 Å². The van der Waals surface area contributed by atoms with Crippen molar-refractivity contribution in [3.05, 3.63) is 11.3 Å².